The summed E-state index contributed by atoms with van der Waals surface area (Å²) >= 11 is 1.39. The van der Waals surface area contributed by atoms with Crippen molar-refractivity contribution < 1.29 is 14.0 Å². The van der Waals surface area contributed by atoms with Crippen LogP contribution in [0.25, 0.3) is 0 Å². The van der Waals surface area contributed by atoms with Crippen LogP contribution >= 0.6 is 11.8 Å². The van der Waals surface area contributed by atoms with Gasteiger partial charge < -0.3 is 15.1 Å². The van der Waals surface area contributed by atoms with E-state index in [-0.39, 0.29) is 24.3 Å². The van der Waals surface area contributed by atoms with Gasteiger partial charge in [0.2, 0.25) is 5.91 Å². The number of amides is 2. The zero-order valence-corrected chi connectivity index (χ0v) is 21.8. The molecule has 8 heteroatoms. The second-order valence-electron chi connectivity index (χ2n) is 8.77. The third-order valence-corrected chi connectivity index (χ3v) is 7.39. The zero-order valence-electron chi connectivity index (χ0n) is 21.0. The molecule has 0 saturated heterocycles. The van der Waals surface area contributed by atoms with Crippen LogP contribution in [0.1, 0.15) is 57.3 Å². The Bertz CT molecular complexity index is 1240. The SMILES string of the molecule is CCN(CC)C(=O)C1=C(C)N=C2SC=C(CC(=O)N[C@@H](C)c3ccccc3)N2[C@H]1c1ccccc1F. The predicted molar refractivity (Wildman–Crippen MR) is 142 cm³/mol. The van der Waals surface area contributed by atoms with Crippen molar-refractivity contribution >= 4 is 28.7 Å². The number of nitrogens with zero attached hydrogens (tertiary/aromatic N) is 3. The molecular weight excluding hydrogens is 475 g/mol. The fraction of sp³-hybridized carbons (Fsp3) is 0.321. The number of amidine groups is 1. The average Bonchev–Trinajstić information content (AvgIpc) is 3.26. The molecule has 2 heterocycles. The highest BCUT2D eigenvalue weighted by atomic mass is 32.2. The largest absolute Gasteiger partial charge is 0.349 e. The van der Waals surface area contributed by atoms with Gasteiger partial charge in [-0.2, -0.15) is 0 Å². The molecule has 0 bridgehead atoms. The summed E-state index contributed by atoms with van der Waals surface area (Å²) in [5.41, 5.74) is 3.07. The van der Waals surface area contributed by atoms with Gasteiger partial charge >= 0.3 is 0 Å². The molecule has 2 aromatic rings. The summed E-state index contributed by atoms with van der Waals surface area (Å²) < 4.78 is 15.2. The summed E-state index contributed by atoms with van der Waals surface area (Å²) in [7, 11) is 0. The Morgan fingerprint density at radius 1 is 1.11 bits per heavy atom. The molecule has 2 atom stereocenters. The Labute approximate surface area is 216 Å². The van der Waals surface area contributed by atoms with Crippen molar-refractivity contribution in [2.75, 3.05) is 13.1 Å². The fourth-order valence-electron chi connectivity index (χ4n) is 4.60. The quantitative estimate of drug-likeness (QED) is 0.511. The number of likely N-dealkylation sites (N-methyl/N-ethyl adjacent to an activating group) is 1. The minimum Gasteiger partial charge on any atom is -0.349 e. The fourth-order valence-corrected chi connectivity index (χ4v) is 5.56. The minimum absolute atomic E-state index is 0.0833. The standard InChI is InChI=1S/C28H31FN4O2S/c1-5-32(6-2)27(35)25-19(4)31-28-33(26(25)22-14-10-11-15-23(22)29)21(17-36-28)16-24(34)30-18(3)20-12-8-7-9-13-20/h7-15,17-18,26H,5-6,16H2,1-4H3,(H,30,34)/t18-,26-/m0/s1. The van der Waals surface area contributed by atoms with Crippen LogP contribution in [0.15, 0.2) is 82.0 Å². The Morgan fingerprint density at radius 3 is 2.44 bits per heavy atom. The number of aliphatic imine (C=N–C) groups is 1. The molecule has 0 radical (unpaired) electrons. The number of benzene rings is 2. The monoisotopic (exact) mass is 506 g/mol. The molecule has 1 N–H and O–H groups in total. The first-order valence-corrected chi connectivity index (χ1v) is 13.1. The lowest BCUT2D eigenvalue weighted by Crippen LogP contribution is -2.42. The van der Waals surface area contributed by atoms with Gasteiger partial charge in [0, 0.05) is 24.4 Å². The third-order valence-electron chi connectivity index (χ3n) is 6.50. The number of halogens is 1. The highest BCUT2D eigenvalue weighted by Crippen LogP contribution is 2.45. The number of nitrogens with one attached hydrogen (secondary N) is 1. The van der Waals surface area contributed by atoms with Crippen LogP contribution in [0.4, 0.5) is 4.39 Å². The molecule has 2 amide bonds. The number of carbonyl (C=O) groups excluding carboxylic acids is 2. The van der Waals surface area contributed by atoms with Crippen LogP contribution in [-0.2, 0) is 9.59 Å². The lowest BCUT2D eigenvalue weighted by molar-refractivity contribution is -0.127. The van der Waals surface area contributed by atoms with Crippen LogP contribution in [0.5, 0.6) is 0 Å². The van der Waals surface area contributed by atoms with Gasteiger partial charge in [0.05, 0.1) is 29.8 Å². The highest BCUT2D eigenvalue weighted by Gasteiger charge is 2.42. The molecule has 0 aliphatic carbocycles. The summed E-state index contributed by atoms with van der Waals surface area (Å²) in [6.07, 6.45) is 0.0833. The molecular formula is C28H31FN4O2S. The van der Waals surface area contributed by atoms with Crippen molar-refractivity contribution in [3.8, 4) is 0 Å². The molecule has 0 unspecified atom stereocenters. The van der Waals surface area contributed by atoms with Crippen LogP contribution in [0.2, 0.25) is 0 Å². The first-order valence-electron chi connectivity index (χ1n) is 12.2. The Morgan fingerprint density at radius 2 is 1.78 bits per heavy atom. The van der Waals surface area contributed by atoms with E-state index in [1.165, 1.54) is 17.8 Å². The zero-order chi connectivity index (χ0) is 25.8. The van der Waals surface area contributed by atoms with E-state index >= 15 is 4.39 Å². The van der Waals surface area contributed by atoms with Crippen molar-refractivity contribution in [3.05, 3.63) is 93.9 Å². The van der Waals surface area contributed by atoms with E-state index in [1.807, 2.05) is 61.4 Å². The molecule has 188 valence electrons. The minimum atomic E-state index is -0.715. The van der Waals surface area contributed by atoms with E-state index in [1.54, 1.807) is 30.0 Å². The number of fused-ring (bicyclic) bond motifs is 1. The Hall–Kier alpha value is -3.39. The van der Waals surface area contributed by atoms with Crippen molar-refractivity contribution in [2.45, 2.75) is 46.2 Å². The lowest BCUT2D eigenvalue weighted by Gasteiger charge is -2.38. The third kappa shape index (κ3) is 5.09. The van der Waals surface area contributed by atoms with E-state index in [2.05, 4.69) is 5.32 Å². The van der Waals surface area contributed by atoms with Gasteiger partial charge in [-0.05, 0) is 44.7 Å². The molecule has 2 aliphatic heterocycles. The molecule has 0 spiro atoms. The maximum atomic E-state index is 15.2. The molecule has 36 heavy (non-hydrogen) atoms. The molecule has 0 aromatic heterocycles. The lowest BCUT2D eigenvalue weighted by atomic mass is 9.92. The second-order valence-corrected chi connectivity index (χ2v) is 9.61. The van der Waals surface area contributed by atoms with Crippen molar-refractivity contribution in [3.63, 3.8) is 0 Å². The number of rotatable bonds is 8. The molecule has 0 saturated carbocycles. The predicted octanol–water partition coefficient (Wildman–Crippen LogP) is 5.54. The smallest absolute Gasteiger partial charge is 0.254 e. The summed E-state index contributed by atoms with van der Waals surface area (Å²) in [6.45, 7) is 8.63. The number of allylic oxidation sites excluding steroid dienone is 1. The molecule has 6 nitrogen and oxygen atoms in total. The topological polar surface area (TPSA) is 65.0 Å². The molecule has 4 rings (SSSR count). The van der Waals surface area contributed by atoms with E-state index in [0.717, 1.165) is 5.56 Å². The second kappa shape index (κ2) is 11.1. The normalized spacial score (nSPS) is 17.8. The van der Waals surface area contributed by atoms with Crippen molar-refractivity contribution in [1.82, 2.24) is 15.1 Å². The summed E-state index contributed by atoms with van der Waals surface area (Å²) in [6, 6.07) is 15.4. The van der Waals surface area contributed by atoms with Gasteiger partial charge in [0.1, 0.15) is 5.82 Å². The van der Waals surface area contributed by atoms with E-state index in [9.17, 15) is 9.59 Å². The number of carbonyl (C=O) groups is 2. The van der Waals surface area contributed by atoms with Gasteiger partial charge in [-0.1, -0.05) is 60.3 Å². The first-order chi connectivity index (χ1) is 17.3. The average molecular weight is 507 g/mol. The van der Waals surface area contributed by atoms with E-state index < -0.39 is 11.9 Å². The van der Waals surface area contributed by atoms with Crippen molar-refractivity contribution in [2.24, 2.45) is 4.99 Å². The van der Waals surface area contributed by atoms with E-state index in [0.29, 0.717) is 40.8 Å². The van der Waals surface area contributed by atoms with E-state index in [4.69, 9.17) is 4.99 Å². The molecule has 2 aromatic carbocycles. The number of hydrogen-bond donors (Lipinski definition) is 1. The van der Waals surface area contributed by atoms with Gasteiger partial charge in [-0.25, -0.2) is 9.38 Å². The van der Waals surface area contributed by atoms with Crippen molar-refractivity contribution in [1.29, 1.82) is 0 Å². The number of thioether (sulfide) groups is 1. The molecule has 0 fully saturated rings. The maximum Gasteiger partial charge on any atom is 0.254 e. The van der Waals surface area contributed by atoms with Crippen LogP contribution in [0.3, 0.4) is 0 Å². The van der Waals surface area contributed by atoms with Gasteiger partial charge in [0.15, 0.2) is 5.17 Å². The molecule has 2 aliphatic rings. The summed E-state index contributed by atoms with van der Waals surface area (Å²) in [4.78, 5) is 35.0. The first kappa shape index (κ1) is 25.7. The number of hydrogen-bond acceptors (Lipinski definition) is 5. The van der Waals surface area contributed by atoms with Crippen LogP contribution in [0, 0.1) is 5.82 Å². The Kier molecular flexibility index (Phi) is 7.94. The summed E-state index contributed by atoms with van der Waals surface area (Å²) in [5, 5.41) is 5.55. The Balaban J connectivity index is 1.67. The van der Waals surface area contributed by atoms with Gasteiger partial charge in [-0.3, -0.25) is 9.59 Å². The van der Waals surface area contributed by atoms with Gasteiger partial charge in [0.25, 0.3) is 5.91 Å². The highest BCUT2D eigenvalue weighted by molar-refractivity contribution is 8.16. The van der Waals surface area contributed by atoms with Crippen LogP contribution < -0.4 is 5.32 Å². The van der Waals surface area contributed by atoms with Crippen LogP contribution in [-0.4, -0.2) is 39.9 Å². The maximum absolute atomic E-state index is 15.2. The summed E-state index contributed by atoms with van der Waals surface area (Å²) in [5.74, 6) is -0.735. The van der Waals surface area contributed by atoms with Gasteiger partial charge in [-0.15, -0.1) is 0 Å².